The average molecular weight is 389 g/mol. The molecule has 4 nitrogen and oxygen atoms in total. The van der Waals surface area contributed by atoms with Crippen LogP contribution in [0.15, 0.2) is 64.5 Å². The first-order valence-corrected chi connectivity index (χ1v) is 10.7. The number of halogens is 1. The molecular weight excluding hydrogens is 368 g/mol. The van der Waals surface area contributed by atoms with E-state index in [9.17, 15) is 8.42 Å². The molecule has 6 heteroatoms. The van der Waals surface area contributed by atoms with Crippen molar-refractivity contribution in [2.45, 2.75) is 29.2 Å². The SMILES string of the molecule is O=S(=O)(c1ccccc1)c1cn(CC2CCNCC2)c2cc(Cl)ccc12. The third-order valence-corrected chi connectivity index (χ3v) is 7.10. The number of sulfone groups is 1. The molecular formula is C20H21ClN2O2S. The minimum Gasteiger partial charge on any atom is -0.346 e. The summed E-state index contributed by atoms with van der Waals surface area (Å²) >= 11 is 6.20. The summed E-state index contributed by atoms with van der Waals surface area (Å²) < 4.78 is 28.4. The van der Waals surface area contributed by atoms with Gasteiger partial charge in [-0.05, 0) is 56.1 Å². The lowest BCUT2D eigenvalue weighted by atomic mass is 9.98. The first kappa shape index (κ1) is 17.6. The van der Waals surface area contributed by atoms with Crippen molar-refractivity contribution in [2.75, 3.05) is 13.1 Å². The monoisotopic (exact) mass is 388 g/mol. The Labute approximate surface area is 158 Å². The van der Waals surface area contributed by atoms with Gasteiger partial charge < -0.3 is 9.88 Å². The number of fused-ring (bicyclic) bond motifs is 1. The molecule has 0 spiro atoms. The minimum absolute atomic E-state index is 0.316. The highest BCUT2D eigenvalue weighted by Gasteiger charge is 2.24. The van der Waals surface area contributed by atoms with Gasteiger partial charge in [0.1, 0.15) is 0 Å². The van der Waals surface area contributed by atoms with Gasteiger partial charge >= 0.3 is 0 Å². The summed E-state index contributed by atoms with van der Waals surface area (Å²) in [4.78, 5) is 0.667. The van der Waals surface area contributed by atoms with Crippen molar-refractivity contribution < 1.29 is 8.42 Å². The Morgan fingerprint density at radius 2 is 1.81 bits per heavy atom. The molecule has 2 aromatic carbocycles. The standard InChI is InChI=1S/C20H21ClN2O2S/c21-16-6-7-18-19(12-16)23(13-15-8-10-22-11-9-15)14-20(18)26(24,25)17-4-2-1-3-5-17/h1-7,12,14-15,22H,8-11,13H2. The number of benzene rings is 2. The molecule has 2 heterocycles. The van der Waals surface area contributed by atoms with Crippen LogP contribution >= 0.6 is 11.6 Å². The molecule has 0 radical (unpaired) electrons. The summed E-state index contributed by atoms with van der Waals surface area (Å²) in [7, 11) is -3.57. The molecule has 0 saturated carbocycles. The molecule has 4 rings (SSSR count). The van der Waals surface area contributed by atoms with Crippen LogP contribution in [0.1, 0.15) is 12.8 Å². The second kappa shape index (κ2) is 7.06. The number of piperidine rings is 1. The first-order chi connectivity index (χ1) is 12.6. The molecule has 0 amide bonds. The van der Waals surface area contributed by atoms with Crippen molar-refractivity contribution in [2.24, 2.45) is 5.92 Å². The normalized spacial score (nSPS) is 16.2. The van der Waals surface area contributed by atoms with Crippen LogP contribution in [-0.2, 0) is 16.4 Å². The minimum atomic E-state index is -3.57. The predicted octanol–water partition coefficient (Wildman–Crippen LogP) is 4.13. The maximum atomic E-state index is 13.2. The van der Waals surface area contributed by atoms with E-state index in [2.05, 4.69) is 9.88 Å². The molecule has 1 saturated heterocycles. The van der Waals surface area contributed by atoms with Crippen molar-refractivity contribution in [3.05, 3.63) is 59.8 Å². The molecule has 26 heavy (non-hydrogen) atoms. The zero-order chi connectivity index (χ0) is 18.1. The summed E-state index contributed by atoms with van der Waals surface area (Å²) in [5.74, 6) is 0.540. The number of rotatable bonds is 4. The van der Waals surface area contributed by atoms with Gasteiger partial charge in [0.25, 0.3) is 0 Å². The summed E-state index contributed by atoms with van der Waals surface area (Å²) in [6.07, 6.45) is 3.98. The number of nitrogens with one attached hydrogen (secondary N) is 1. The van der Waals surface area contributed by atoms with Crippen LogP contribution in [0.5, 0.6) is 0 Å². The Kier molecular flexibility index (Phi) is 4.78. The van der Waals surface area contributed by atoms with E-state index < -0.39 is 9.84 Å². The van der Waals surface area contributed by atoms with Gasteiger partial charge in [0, 0.05) is 23.2 Å². The van der Waals surface area contributed by atoms with Crippen LogP contribution in [0.2, 0.25) is 5.02 Å². The topological polar surface area (TPSA) is 51.1 Å². The van der Waals surface area contributed by atoms with Gasteiger partial charge in [-0.1, -0.05) is 35.9 Å². The van der Waals surface area contributed by atoms with Crippen molar-refractivity contribution in [3.63, 3.8) is 0 Å². The highest BCUT2D eigenvalue weighted by molar-refractivity contribution is 7.91. The number of hydrogen-bond donors (Lipinski definition) is 1. The van der Waals surface area contributed by atoms with Gasteiger partial charge in [0.2, 0.25) is 9.84 Å². The zero-order valence-corrected chi connectivity index (χ0v) is 15.9. The molecule has 1 aromatic heterocycles. The van der Waals surface area contributed by atoms with E-state index in [0.29, 0.717) is 20.7 Å². The van der Waals surface area contributed by atoms with Gasteiger partial charge in [-0.25, -0.2) is 8.42 Å². The van der Waals surface area contributed by atoms with Crippen LogP contribution < -0.4 is 5.32 Å². The van der Waals surface area contributed by atoms with Crippen LogP contribution in [0.3, 0.4) is 0 Å². The van der Waals surface area contributed by atoms with Gasteiger partial charge in [-0.3, -0.25) is 0 Å². The molecule has 1 aliphatic heterocycles. The molecule has 0 unspecified atom stereocenters. The van der Waals surface area contributed by atoms with Crippen molar-refractivity contribution >= 4 is 32.3 Å². The molecule has 1 fully saturated rings. The lowest BCUT2D eigenvalue weighted by Gasteiger charge is -2.23. The molecule has 0 atom stereocenters. The molecule has 0 aliphatic carbocycles. The Balaban J connectivity index is 1.83. The van der Waals surface area contributed by atoms with Gasteiger partial charge in [-0.15, -0.1) is 0 Å². The van der Waals surface area contributed by atoms with Gasteiger partial charge in [-0.2, -0.15) is 0 Å². The predicted molar refractivity (Wildman–Crippen MR) is 104 cm³/mol. The van der Waals surface area contributed by atoms with E-state index in [1.165, 1.54) is 0 Å². The summed E-state index contributed by atoms with van der Waals surface area (Å²) in [5.41, 5.74) is 0.880. The van der Waals surface area contributed by atoms with Gasteiger partial charge in [0.15, 0.2) is 0 Å². The molecule has 3 aromatic rings. The zero-order valence-electron chi connectivity index (χ0n) is 14.4. The summed E-state index contributed by atoms with van der Waals surface area (Å²) in [6.45, 7) is 2.84. The fourth-order valence-corrected chi connectivity index (χ4v) is 5.33. The van der Waals surface area contributed by atoms with E-state index >= 15 is 0 Å². The largest absolute Gasteiger partial charge is 0.346 e. The summed E-state index contributed by atoms with van der Waals surface area (Å²) in [6, 6.07) is 14.0. The third-order valence-electron chi connectivity index (χ3n) is 5.06. The fraction of sp³-hybridized carbons (Fsp3) is 0.300. The Hall–Kier alpha value is -1.82. The van der Waals surface area contributed by atoms with Gasteiger partial charge in [0.05, 0.1) is 15.3 Å². The number of nitrogens with zero attached hydrogens (tertiary/aromatic N) is 1. The molecule has 136 valence electrons. The van der Waals surface area contributed by atoms with Crippen molar-refractivity contribution in [3.8, 4) is 0 Å². The smallest absolute Gasteiger partial charge is 0.208 e. The second-order valence-corrected chi connectivity index (χ2v) is 9.17. The van der Waals surface area contributed by atoms with Crippen LogP contribution in [0, 0.1) is 5.92 Å². The van der Waals surface area contributed by atoms with Crippen LogP contribution in [0.25, 0.3) is 10.9 Å². The highest BCUT2D eigenvalue weighted by atomic mass is 35.5. The lowest BCUT2D eigenvalue weighted by Crippen LogP contribution is -2.29. The number of aromatic nitrogens is 1. The Bertz CT molecular complexity index is 1020. The van der Waals surface area contributed by atoms with Crippen LogP contribution in [-0.4, -0.2) is 26.1 Å². The Morgan fingerprint density at radius 1 is 1.08 bits per heavy atom. The van der Waals surface area contributed by atoms with E-state index in [-0.39, 0.29) is 0 Å². The summed E-state index contributed by atoms with van der Waals surface area (Å²) in [5, 5.41) is 4.72. The highest BCUT2D eigenvalue weighted by Crippen LogP contribution is 2.32. The third kappa shape index (κ3) is 3.27. The average Bonchev–Trinajstić information content (AvgIpc) is 3.02. The van der Waals surface area contributed by atoms with Crippen LogP contribution in [0.4, 0.5) is 0 Å². The van der Waals surface area contributed by atoms with Crippen molar-refractivity contribution in [1.29, 1.82) is 0 Å². The number of hydrogen-bond acceptors (Lipinski definition) is 3. The molecule has 1 N–H and O–H groups in total. The van der Waals surface area contributed by atoms with E-state index in [4.69, 9.17) is 11.6 Å². The maximum absolute atomic E-state index is 13.2. The fourth-order valence-electron chi connectivity index (χ4n) is 3.67. The first-order valence-electron chi connectivity index (χ1n) is 8.85. The maximum Gasteiger partial charge on any atom is 0.208 e. The Morgan fingerprint density at radius 3 is 2.54 bits per heavy atom. The second-order valence-electron chi connectivity index (χ2n) is 6.82. The van der Waals surface area contributed by atoms with E-state index in [1.807, 2.05) is 18.2 Å². The quantitative estimate of drug-likeness (QED) is 0.731. The molecule has 1 aliphatic rings. The lowest BCUT2D eigenvalue weighted by molar-refractivity contribution is 0.336. The van der Waals surface area contributed by atoms with Crippen molar-refractivity contribution in [1.82, 2.24) is 9.88 Å². The van der Waals surface area contributed by atoms with E-state index in [1.54, 1.807) is 36.5 Å². The van der Waals surface area contributed by atoms with E-state index in [0.717, 1.165) is 43.4 Å². The molecule has 0 bridgehead atoms.